The molecule has 22 heavy (non-hydrogen) atoms. The van der Waals surface area contributed by atoms with Gasteiger partial charge in [-0.05, 0) is 24.6 Å². The van der Waals surface area contributed by atoms with Gasteiger partial charge in [0.2, 0.25) is 0 Å². The van der Waals surface area contributed by atoms with E-state index >= 15 is 0 Å². The first kappa shape index (κ1) is 14.6. The molecule has 1 aliphatic rings. The molecule has 2 aromatic rings. The minimum Gasteiger partial charge on any atom is -0.400 e. The quantitative estimate of drug-likeness (QED) is 0.685. The van der Waals surface area contributed by atoms with E-state index < -0.39 is 4.92 Å². The van der Waals surface area contributed by atoms with Gasteiger partial charge in [-0.3, -0.25) is 10.1 Å². The van der Waals surface area contributed by atoms with Crippen LogP contribution in [0.3, 0.4) is 0 Å². The van der Waals surface area contributed by atoms with Crippen molar-refractivity contribution >= 4 is 11.6 Å². The molecule has 0 unspecified atom stereocenters. The lowest BCUT2D eigenvalue weighted by molar-refractivity contribution is -0.915. The molecule has 6 nitrogen and oxygen atoms in total. The van der Waals surface area contributed by atoms with E-state index in [1.807, 2.05) is 0 Å². The Bertz CT molecular complexity index is 660. The van der Waals surface area contributed by atoms with E-state index in [2.05, 4.69) is 36.1 Å². The summed E-state index contributed by atoms with van der Waals surface area (Å²) in [4.78, 5) is 13.9. The molecule has 0 atom stereocenters. The highest BCUT2D eigenvalue weighted by atomic mass is 16.6. The Hall–Kier alpha value is -2.34. The minimum atomic E-state index is -0.491. The van der Waals surface area contributed by atoms with Crippen LogP contribution in [0.5, 0.6) is 0 Å². The molecule has 0 saturated carbocycles. The van der Waals surface area contributed by atoms with Gasteiger partial charge in [0.05, 0.1) is 32.2 Å². The number of nitrogens with one attached hydrogen (secondary N) is 1. The predicted molar refractivity (Wildman–Crippen MR) is 83.2 cm³/mol. The fraction of sp³-hybridized carbons (Fsp3) is 0.375. The van der Waals surface area contributed by atoms with Crippen molar-refractivity contribution in [3.8, 4) is 0 Å². The first-order valence-electron chi connectivity index (χ1n) is 7.51. The van der Waals surface area contributed by atoms with Crippen LogP contribution in [-0.2, 0) is 6.54 Å². The van der Waals surface area contributed by atoms with Crippen molar-refractivity contribution < 1.29 is 14.2 Å². The van der Waals surface area contributed by atoms with Crippen LogP contribution in [0.15, 0.2) is 40.8 Å². The third-order valence-electron chi connectivity index (χ3n) is 4.18. The van der Waals surface area contributed by atoms with Crippen molar-refractivity contribution in [3.63, 3.8) is 0 Å². The SMILES string of the molecule is Cc1ccccc1N1CC[NH+](Cc2ccc([N+](=O)[O-])o2)CC1. The van der Waals surface area contributed by atoms with Crippen LogP contribution < -0.4 is 9.80 Å². The summed E-state index contributed by atoms with van der Waals surface area (Å²) in [5, 5.41) is 10.6. The summed E-state index contributed by atoms with van der Waals surface area (Å²) < 4.78 is 5.24. The molecule has 0 amide bonds. The lowest BCUT2D eigenvalue weighted by Crippen LogP contribution is -3.13. The van der Waals surface area contributed by atoms with E-state index in [-0.39, 0.29) is 5.88 Å². The van der Waals surface area contributed by atoms with Crippen molar-refractivity contribution in [2.75, 3.05) is 31.1 Å². The van der Waals surface area contributed by atoms with E-state index in [4.69, 9.17) is 4.42 Å². The van der Waals surface area contributed by atoms with Gasteiger partial charge in [-0.1, -0.05) is 18.2 Å². The highest BCUT2D eigenvalue weighted by molar-refractivity contribution is 5.53. The number of rotatable bonds is 4. The standard InChI is InChI=1S/C16H19N3O3/c1-13-4-2-3-5-15(13)18-10-8-17(9-11-18)12-14-6-7-16(22-14)19(20)21/h2-7H,8-12H2,1H3/p+1. The van der Waals surface area contributed by atoms with Gasteiger partial charge in [-0.15, -0.1) is 0 Å². The zero-order valence-corrected chi connectivity index (χ0v) is 12.6. The van der Waals surface area contributed by atoms with Crippen LogP contribution in [0.4, 0.5) is 11.6 Å². The summed E-state index contributed by atoms with van der Waals surface area (Å²) >= 11 is 0. The summed E-state index contributed by atoms with van der Waals surface area (Å²) in [5.41, 5.74) is 2.60. The number of quaternary nitrogens is 1. The summed E-state index contributed by atoms with van der Waals surface area (Å²) in [6.07, 6.45) is 0. The van der Waals surface area contributed by atoms with Crippen molar-refractivity contribution in [1.29, 1.82) is 0 Å². The van der Waals surface area contributed by atoms with Gasteiger partial charge in [0.25, 0.3) is 0 Å². The summed E-state index contributed by atoms with van der Waals surface area (Å²) in [6.45, 7) is 6.82. The summed E-state index contributed by atoms with van der Waals surface area (Å²) in [7, 11) is 0. The molecule has 2 heterocycles. The average Bonchev–Trinajstić information content (AvgIpc) is 2.98. The number of hydrogen-bond donors (Lipinski definition) is 1. The van der Waals surface area contributed by atoms with E-state index in [9.17, 15) is 10.1 Å². The number of furan rings is 1. The van der Waals surface area contributed by atoms with Gasteiger partial charge < -0.3 is 14.2 Å². The van der Waals surface area contributed by atoms with Crippen LogP contribution in [0.25, 0.3) is 0 Å². The molecule has 0 spiro atoms. The van der Waals surface area contributed by atoms with Gasteiger partial charge in [0.1, 0.15) is 11.5 Å². The van der Waals surface area contributed by atoms with Crippen molar-refractivity contribution in [2.45, 2.75) is 13.5 Å². The third-order valence-corrected chi connectivity index (χ3v) is 4.18. The van der Waals surface area contributed by atoms with E-state index in [0.717, 1.165) is 26.2 Å². The van der Waals surface area contributed by atoms with Crippen LogP contribution in [0, 0.1) is 17.0 Å². The van der Waals surface area contributed by atoms with Gasteiger partial charge in [0.15, 0.2) is 5.76 Å². The summed E-state index contributed by atoms with van der Waals surface area (Å²) in [5.74, 6) is 0.513. The number of piperazine rings is 1. The molecule has 0 aliphatic carbocycles. The molecule has 1 saturated heterocycles. The maximum absolute atomic E-state index is 10.6. The average molecular weight is 302 g/mol. The molecule has 1 aromatic carbocycles. The van der Waals surface area contributed by atoms with Crippen LogP contribution in [0.1, 0.15) is 11.3 Å². The molecular formula is C16H20N3O3+. The Morgan fingerprint density at radius 2 is 1.95 bits per heavy atom. The van der Waals surface area contributed by atoms with Crippen LogP contribution >= 0.6 is 0 Å². The van der Waals surface area contributed by atoms with Crippen molar-refractivity contribution in [2.24, 2.45) is 0 Å². The Balaban J connectivity index is 1.57. The molecule has 6 heteroatoms. The maximum Gasteiger partial charge on any atom is 0.433 e. The normalized spacial score (nSPS) is 16.0. The molecule has 0 bridgehead atoms. The number of nitrogens with zero attached hydrogens (tertiary/aromatic N) is 2. The highest BCUT2D eigenvalue weighted by Gasteiger charge is 2.23. The Morgan fingerprint density at radius 1 is 1.23 bits per heavy atom. The number of nitro groups is 1. The molecular weight excluding hydrogens is 282 g/mol. The fourth-order valence-corrected chi connectivity index (χ4v) is 2.96. The molecule has 1 aromatic heterocycles. The highest BCUT2D eigenvalue weighted by Crippen LogP contribution is 2.19. The Morgan fingerprint density at radius 3 is 2.59 bits per heavy atom. The number of hydrogen-bond acceptors (Lipinski definition) is 4. The predicted octanol–water partition coefficient (Wildman–Crippen LogP) is 1.40. The maximum atomic E-state index is 10.6. The Kier molecular flexibility index (Phi) is 4.11. The zero-order valence-electron chi connectivity index (χ0n) is 12.6. The zero-order chi connectivity index (χ0) is 15.5. The van der Waals surface area contributed by atoms with Crippen LogP contribution in [0.2, 0.25) is 0 Å². The molecule has 1 aliphatic heterocycles. The third kappa shape index (κ3) is 3.12. The Labute approximate surface area is 129 Å². The monoisotopic (exact) mass is 302 g/mol. The second-order valence-corrected chi connectivity index (χ2v) is 5.70. The van der Waals surface area contributed by atoms with Crippen LogP contribution in [-0.4, -0.2) is 31.1 Å². The van der Waals surface area contributed by atoms with Gasteiger partial charge >= 0.3 is 5.88 Å². The minimum absolute atomic E-state index is 0.173. The van der Waals surface area contributed by atoms with E-state index in [0.29, 0.717) is 12.3 Å². The summed E-state index contributed by atoms with van der Waals surface area (Å²) in [6, 6.07) is 11.6. The topological polar surface area (TPSA) is 64.0 Å². The lowest BCUT2D eigenvalue weighted by atomic mass is 10.1. The van der Waals surface area contributed by atoms with E-state index in [1.165, 1.54) is 22.2 Å². The molecule has 1 N–H and O–H groups in total. The van der Waals surface area contributed by atoms with Crippen molar-refractivity contribution in [3.05, 3.63) is 57.8 Å². The fourth-order valence-electron chi connectivity index (χ4n) is 2.96. The van der Waals surface area contributed by atoms with Gasteiger partial charge in [0, 0.05) is 5.69 Å². The second-order valence-electron chi connectivity index (χ2n) is 5.70. The lowest BCUT2D eigenvalue weighted by Gasteiger charge is -2.34. The van der Waals surface area contributed by atoms with Gasteiger partial charge in [-0.25, -0.2) is 0 Å². The number of para-hydroxylation sites is 1. The number of benzene rings is 1. The van der Waals surface area contributed by atoms with Gasteiger partial charge in [-0.2, -0.15) is 0 Å². The first-order chi connectivity index (χ1) is 10.6. The second kappa shape index (κ2) is 6.19. The number of aryl methyl sites for hydroxylation is 1. The molecule has 3 rings (SSSR count). The largest absolute Gasteiger partial charge is 0.433 e. The van der Waals surface area contributed by atoms with E-state index in [1.54, 1.807) is 6.07 Å². The molecule has 1 fully saturated rings. The molecule has 116 valence electrons. The number of anilines is 1. The van der Waals surface area contributed by atoms with Crippen molar-refractivity contribution in [1.82, 2.24) is 0 Å². The first-order valence-corrected chi connectivity index (χ1v) is 7.51. The molecule has 0 radical (unpaired) electrons. The smallest absolute Gasteiger partial charge is 0.400 e.